The van der Waals surface area contributed by atoms with Crippen molar-refractivity contribution in [2.24, 2.45) is 0 Å². The van der Waals surface area contributed by atoms with Gasteiger partial charge in [-0.3, -0.25) is 4.79 Å². The highest BCUT2D eigenvalue weighted by molar-refractivity contribution is 9.10. The molecule has 84 valence electrons. The molecule has 1 heterocycles. The molecule has 0 saturated heterocycles. The van der Waals surface area contributed by atoms with Crippen LogP contribution in [0.5, 0.6) is 0 Å². The Morgan fingerprint density at radius 3 is 3.00 bits per heavy atom. The number of halogens is 1. The summed E-state index contributed by atoms with van der Waals surface area (Å²) >= 11 is 3.23. The summed E-state index contributed by atoms with van der Waals surface area (Å²) in [6.45, 7) is 4.93. The van der Waals surface area contributed by atoms with E-state index >= 15 is 0 Å². The van der Waals surface area contributed by atoms with Gasteiger partial charge in [0.25, 0.3) is 5.56 Å². The van der Waals surface area contributed by atoms with E-state index in [1.54, 1.807) is 10.6 Å². The van der Waals surface area contributed by atoms with Gasteiger partial charge in [0.1, 0.15) is 0 Å². The van der Waals surface area contributed by atoms with Gasteiger partial charge in [0.2, 0.25) is 0 Å². The van der Waals surface area contributed by atoms with E-state index in [0.29, 0.717) is 4.47 Å². The molecule has 3 nitrogen and oxygen atoms in total. The van der Waals surface area contributed by atoms with Crippen molar-refractivity contribution in [3.8, 4) is 0 Å². The Labute approximate surface area is 98.6 Å². The average Bonchev–Trinajstić information content (AvgIpc) is 2.24. The van der Waals surface area contributed by atoms with E-state index in [1.165, 1.54) is 0 Å². The molecule has 1 aromatic heterocycles. The highest BCUT2D eigenvalue weighted by Gasteiger charge is 1.98. The lowest BCUT2D eigenvalue weighted by Crippen LogP contribution is -2.23. The van der Waals surface area contributed by atoms with E-state index in [9.17, 15) is 4.79 Å². The summed E-state index contributed by atoms with van der Waals surface area (Å²) in [5.41, 5.74) is 0.0491. The minimum Gasteiger partial charge on any atom is -0.317 e. The smallest absolute Gasteiger partial charge is 0.264 e. The van der Waals surface area contributed by atoms with E-state index < -0.39 is 0 Å². The summed E-state index contributed by atoms with van der Waals surface area (Å²) in [6, 6.07) is 3.65. The van der Waals surface area contributed by atoms with Crippen LogP contribution >= 0.6 is 15.9 Å². The quantitative estimate of drug-likeness (QED) is 0.804. The first-order valence-corrected chi connectivity index (χ1v) is 6.10. The van der Waals surface area contributed by atoms with Gasteiger partial charge in [0.15, 0.2) is 0 Å². The molecule has 1 aromatic rings. The summed E-state index contributed by atoms with van der Waals surface area (Å²) in [4.78, 5) is 11.6. The van der Waals surface area contributed by atoms with Gasteiger partial charge in [-0.1, -0.05) is 6.92 Å². The molecule has 0 saturated carbocycles. The molecular weight excluding hydrogens is 256 g/mol. The van der Waals surface area contributed by atoms with E-state index in [0.717, 1.165) is 32.5 Å². The summed E-state index contributed by atoms with van der Waals surface area (Å²) in [7, 11) is 0. The normalized spacial score (nSPS) is 10.5. The zero-order valence-corrected chi connectivity index (χ0v) is 10.6. The number of rotatable bonds is 6. The predicted octanol–water partition coefficient (Wildman–Crippen LogP) is 2.00. The van der Waals surface area contributed by atoms with Gasteiger partial charge < -0.3 is 9.88 Å². The van der Waals surface area contributed by atoms with Crippen molar-refractivity contribution in [2.75, 3.05) is 13.1 Å². The maximum atomic E-state index is 11.6. The van der Waals surface area contributed by atoms with Crippen LogP contribution in [-0.2, 0) is 6.54 Å². The lowest BCUT2D eigenvalue weighted by molar-refractivity contribution is 0.567. The highest BCUT2D eigenvalue weighted by atomic mass is 79.9. The number of hydrogen-bond acceptors (Lipinski definition) is 2. The molecule has 15 heavy (non-hydrogen) atoms. The topological polar surface area (TPSA) is 34.0 Å². The lowest BCUT2D eigenvalue weighted by Gasteiger charge is -2.06. The molecular formula is C11H17BrN2O. The summed E-state index contributed by atoms with van der Waals surface area (Å²) in [6.07, 6.45) is 3.96. The van der Waals surface area contributed by atoms with Crippen molar-refractivity contribution in [1.29, 1.82) is 0 Å². The number of hydrogen-bond donors (Lipinski definition) is 1. The second-order valence-electron chi connectivity index (χ2n) is 3.46. The third kappa shape index (κ3) is 4.18. The first-order valence-electron chi connectivity index (χ1n) is 5.31. The first-order chi connectivity index (χ1) is 7.25. The molecule has 0 aromatic carbocycles. The highest BCUT2D eigenvalue weighted by Crippen LogP contribution is 2.00. The predicted molar refractivity (Wildman–Crippen MR) is 66.2 cm³/mol. The van der Waals surface area contributed by atoms with Crippen LogP contribution in [0, 0.1) is 0 Å². The number of aromatic nitrogens is 1. The fraction of sp³-hybridized carbons (Fsp3) is 0.545. The van der Waals surface area contributed by atoms with Gasteiger partial charge in [0, 0.05) is 12.7 Å². The van der Waals surface area contributed by atoms with Crippen LogP contribution in [0.4, 0.5) is 0 Å². The zero-order valence-electron chi connectivity index (χ0n) is 9.00. The van der Waals surface area contributed by atoms with Crippen LogP contribution in [-0.4, -0.2) is 17.7 Å². The molecule has 0 unspecified atom stereocenters. The van der Waals surface area contributed by atoms with Crippen LogP contribution in [0.15, 0.2) is 27.6 Å². The summed E-state index contributed by atoms with van der Waals surface area (Å²) < 4.78 is 2.36. The van der Waals surface area contributed by atoms with Crippen LogP contribution in [0.1, 0.15) is 19.8 Å². The molecule has 0 fully saturated rings. The van der Waals surface area contributed by atoms with Crippen molar-refractivity contribution in [1.82, 2.24) is 9.88 Å². The second-order valence-corrected chi connectivity index (χ2v) is 4.31. The largest absolute Gasteiger partial charge is 0.317 e. The Kier molecular flexibility index (Phi) is 5.65. The average molecular weight is 273 g/mol. The van der Waals surface area contributed by atoms with E-state index in [4.69, 9.17) is 0 Å². The molecule has 0 aliphatic rings. The monoisotopic (exact) mass is 272 g/mol. The molecule has 0 spiro atoms. The third-order valence-electron chi connectivity index (χ3n) is 2.15. The molecule has 4 heteroatoms. The standard InChI is InChI=1S/C11H17BrN2O/c1-2-6-13-7-4-9-14-8-3-5-10(12)11(14)15/h3,5,8,13H,2,4,6-7,9H2,1H3. The van der Waals surface area contributed by atoms with E-state index in [-0.39, 0.29) is 5.56 Å². The Bertz CT molecular complexity index is 349. The first kappa shape index (κ1) is 12.5. The Morgan fingerprint density at radius 1 is 1.47 bits per heavy atom. The van der Waals surface area contributed by atoms with Crippen LogP contribution in [0.25, 0.3) is 0 Å². The minimum absolute atomic E-state index is 0.0491. The van der Waals surface area contributed by atoms with Crippen LogP contribution in [0.3, 0.4) is 0 Å². The van der Waals surface area contributed by atoms with Gasteiger partial charge >= 0.3 is 0 Å². The third-order valence-corrected chi connectivity index (χ3v) is 2.76. The molecule has 1 rings (SSSR count). The molecule has 0 amide bonds. The van der Waals surface area contributed by atoms with Crippen molar-refractivity contribution >= 4 is 15.9 Å². The van der Waals surface area contributed by atoms with Crippen molar-refractivity contribution in [3.05, 3.63) is 33.2 Å². The van der Waals surface area contributed by atoms with Gasteiger partial charge in [-0.05, 0) is 54.0 Å². The second kappa shape index (κ2) is 6.80. The molecule has 0 bridgehead atoms. The molecule has 0 aliphatic heterocycles. The van der Waals surface area contributed by atoms with Crippen molar-refractivity contribution in [3.63, 3.8) is 0 Å². The summed E-state index contributed by atoms with van der Waals surface area (Å²) in [5, 5.41) is 3.31. The van der Waals surface area contributed by atoms with Crippen molar-refractivity contribution < 1.29 is 0 Å². The maximum absolute atomic E-state index is 11.6. The number of nitrogens with zero attached hydrogens (tertiary/aromatic N) is 1. The van der Waals surface area contributed by atoms with Gasteiger partial charge in [-0.15, -0.1) is 0 Å². The minimum atomic E-state index is 0.0491. The maximum Gasteiger partial charge on any atom is 0.264 e. The Morgan fingerprint density at radius 2 is 2.27 bits per heavy atom. The van der Waals surface area contributed by atoms with Gasteiger partial charge in [-0.25, -0.2) is 0 Å². The van der Waals surface area contributed by atoms with Gasteiger partial charge in [-0.2, -0.15) is 0 Å². The van der Waals surface area contributed by atoms with Crippen LogP contribution < -0.4 is 10.9 Å². The fourth-order valence-corrected chi connectivity index (χ4v) is 1.74. The van der Waals surface area contributed by atoms with Gasteiger partial charge in [0.05, 0.1) is 4.47 Å². The number of nitrogens with one attached hydrogen (secondary N) is 1. The molecule has 1 N–H and O–H groups in total. The van der Waals surface area contributed by atoms with E-state index in [2.05, 4.69) is 28.2 Å². The Balaban J connectivity index is 2.38. The summed E-state index contributed by atoms with van der Waals surface area (Å²) in [5.74, 6) is 0. The van der Waals surface area contributed by atoms with E-state index in [1.807, 2.05) is 12.3 Å². The SMILES string of the molecule is CCCNCCCn1cccc(Br)c1=O. The molecule has 0 aliphatic carbocycles. The fourth-order valence-electron chi connectivity index (χ4n) is 1.36. The number of aryl methyl sites for hydroxylation is 1. The van der Waals surface area contributed by atoms with Crippen LogP contribution in [0.2, 0.25) is 0 Å². The molecule has 0 radical (unpaired) electrons. The zero-order chi connectivity index (χ0) is 11.1. The molecule has 0 atom stereocenters. The lowest BCUT2D eigenvalue weighted by atomic mass is 10.3. The Hall–Kier alpha value is -0.610. The van der Waals surface area contributed by atoms with Crippen molar-refractivity contribution in [2.45, 2.75) is 26.3 Å². The number of pyridine rings is 1.